The van der Waals surface area contributed by atoms with Crippen LogP contribution in [0.2, 0.25) is 0 Å². The van der Waals surface area contributed by atoms with Crippen molar-refractivity contribution in [3.8, 4) is 0 Å². The van der Waals surface area contributed by atoms with Gasteiger partial charge in [-0.3, -0.25) is 4.79 Å². The minimum atomic E-state index is -1.54. The second-order valence-electron chi connectivity index (χ2n) is 5.60. The number of carboxylic acid groups (broad SMARTS) is 2. The second kappa shape index (κ2) is 8.77. The maximum atomic E-state index is 11.8. The molecule has 0 bridgehead atoms. The van der Waals surface area contributed by atoms with E-state index in [0.717, 1.165) is 5.56 Å². The normalized spacial score (nSPS) is 13.2. The molecule has 1 rings (SSSR count). The molecule has 0 aliphatic heterocycles. The molecule has 0 aliphatic rings. The second-order valence-corrected chi connectivity index (χ2v) is 5.60. The van der Waals surface area contributed by atoms with Crippen molar-refractivity contribution in [2.24, 2.45) is 11.8 Å². The Labute approximate surface area is 134 Å². The molecule has 0 unspecified atom stereocenters. The molecule has 7 heteroatoms. The monoisotopic (exact) mass is 323 g/mol. The van der Waals surface area contributed by atoms with Gasteiger partial charge >= 0.3 is 18.0 Å². The van der Waals surface area contributed by atoms with Crippen LogP contribution in [0.1, 0.15) is 25.8 Å². The maximum Gasteiger partial charge on any atom is 0.408 e. The summed E-state index contributed by atoms with van der Waals surface area (Å²) in [5.74, 6) is -3.93. The summed E-state index contributed by atoms with van der Waals surface area (Å²) in [5.41, 5.74) is 0.742. The summed E-state index contributed by atoms with van der Waals surface area (Å²) >= 11 is 0. The zero-order valence-corrected chi connectivity index (χ0v) is 13.1. The van der Waals surface area contributed by atoms with Gasteiger partial charge in [0.25, 0.3) is 0 Å². The first kappa shape index (κ1) is 18.5. The Morgan fingerprint density at radius 3 is 2.17 bits per heavy atom. The fourth-order valence-electron chi connectivity index (χ4n) is 2.11. The predicted molar refractivity (Wildman–Crippen MR) is 81.8 cm³/mol. The molecule has 0 radical (unpaired) electrons. The summed E-state index contributed by atoms with van der Waals surface area (Å²) in [6.45, 7) is 3.53. The molecular weight excluding hydrogens is 302 g/mol. The quantitative estimate of drug-likeness (QED) is 0.675. The van der Waals surface area contributed by atoms with E-state index in [9.17, 15) is 24.6 Å². The van der Waals surface area contributed by atoms with Crippen LogP contribution in [0.25, 0.3) is 0 Å². The number of carbonyl (C=O) groups excluding carboxylic acids is 1. The van der Waals surface area contributed by atoms with Crippen molar-refractivity contribution in [3.63, 3.8) is 0 Å². The van der Waals surface area contributed by atoms with Crippen LogP contribution in [0.3, 0.4) is 0 Å². The lowest BCUT2D eigenvalue weighted by molar-refractivity contribution is -0.151. The zero-order chi connectivity index (χ0) is 17.4. The lowest BCUT2D eigenvalue weighted by Gasteiger charge is -2.22. The fraction of sp³-hybridized carbons (Fsp3) is 0.438. The standard InChI is InChI=1S/C16H21NO6/c1-10(2)8-12(14(18)19)13(15(20)21)17-16(22)23-9-11-6-4-3-5-7-11/h3-7,10,12-13H,8-9H2,1-2H3,(H,17,22)(H,18,19)(H,20,21)/t12-,13-/m1/s1. The number of amides is 1. The Kier molecular flexibility index (Phi) is 7.05. The van der Waals surface area contributed by atoms with E-state index in [-0.39, 0.29) is 18.9 Å². The third kappa shape index (κ3) is 6.37. The van der Waals surface area contributed by atoms with Gasteiger partial charge in [0.15, 0.2) is 0 Å². The molecule has 0 aliphatic carbocycles. The van der Waals surface area contributed by atoms with Crippen LogP contribution in [-0.4, -0.2) is 34.3 Å². The Bertz CT molecular complexity index is 543. The minimum Gasteiger partial charge on any atom is -0.481 e. The van der Waals surface area contributed by atoms with Crippen LogP contribution < -0.4 is 5.32 Å². The molecule has 0 heterocycles. The van der Waals surface area contributed by atoms with Gasteiger partial charge in [0.2, 0.25) is 0 Å². The van der Waals surface area contributed by atoms with Crippen LogP contribution in [0.5, 0.6) is 0 Å². The molecule has 3 N–H and O–H groups in total. The van der Waals surface area contributed by atoms with Gasteiger partial charge in [-0.2, -0.15) is 0 Å². The first-order valence-electron chi connectivity index (χ1n) is 7.24. The smallest absolute Gasteiger partial charge is 0.408 e. The summed E-state index contributed by atoms with van der Waals surface area (Å²) in [6, 6.07) is 7.33. The molecule has 0 saturated carbocycles. The first-order valence-corrected chi connectivity index (χ1v) is 7.24. The van der Waals surface area contributed by atoms with Gasteiger partial charge in [-0.05, 0) is 17.9 Å². The highest BCUT2D eigenvalue weighted by molar-refractivity contribution is 5.86. The van der Waals surface area contributed by atoms with Gasteiger partial charge in [0.1, 0.15) is 12.6 Å². The number of aliphatic carboxylic acids is 2. The van der Waals surface area contributed by atoms with Crippen molar-refractivity contribution in [2.45, 2.75) is 32.9 Å². The molecule has 7 nitrogen and oxygen atoms in total. The van der Waals surface area contributed by atoms with E-state index in [1.807, 2.05) is 6.07 Å². The highest BCUT2D eigenvalue weighted by atomic mass is 16.5. The van der Waals surface area contributed by atoms with Crippen LogP contribution in [0.15, 0.2) is 30.3 Å². The van der Waals surface area contributed by atoms with E-state index in [1.165, 1.54) is 0 Å². The Balaban J connectivity index is 2.68. The maximum absolute atomic E-state index is 11.8. The van der Waals surface area contributed by atoms with Gasteiger partial charge in [-0.1, -0.05) is 44.2 Å². The summed E-state index contributed by atoms with van der Waals surface area (Å²) in [4.78, 5) is 34.3. The van der Waals surface area contributed by atoms with Crippen molar-refractivity contribution < 1.29 is 29.3 Å². The third-order valence-electron chi connectivity index (χ3n) is 3.20. The molecule has 0 aromatic heterocycles. The molecule has 23 heavy (non-hydrogen) atoms. The number of carbonyl (C=O) groups is 3. The van der Waals surface area contributed by atoms with Gasteiger partial charge in [0.05, 0.1) is 5.92 Å². The van der Waals surface area contributed by atoms with Crippen molar-refractivity contribution in [1.29, 1.82) is 0 Å². The summed E-state index contributed by atoms with van der Waals surface area (Å²) in [7, 11) is 0. The van der Waals surface area contributed by atoms with Crippen molar-refractivity contribution in [3.05, 3.63) is 35.9 Å². The molecular formula is C16H21NO6. The highest BCUT2D eigenvalue weighted by Gasteiger charge is 2.35. The Morgan fingerprint density at radius 2 is 1.70 bits per heavy atom. The van der Waals surface area contributed by atoms with E-state index in [4.69, 9.17) is 4.74 Å². The van der Waals surface area contributed by atoms with E-state index in [1.54, 1.807) is 38.1 Å². The van der Waals surface area contributed by atoms with E-state index >= 15 is 0 Å². The molecule has 0 saturated heterocycles. The molecule has 0 fully saturated rings. The lowest BCUT2D eigenvalue weighted by Crippen LogP contribution is -2.49. The summed E-state index contributed by atoms with van der Waals surface area (Å²) in [5, 5.41) is 20.5. The number of hydrogen-bond acceptors (Lipinski definition) is 4. The third-order valence-corrected chi connectivity index (χ3v) is 3.20. The summed E-state index contributed by atoms with van der Waals surface area (Å²) in [6.07, 6.45) is -0.832. The van der Waals surface area contributed by atoms with Crippen LogP contribution >= 0.6 is 0 Å². The number of hydrogen-bond donors (Lipinski definition) is 3. The fourth-order valence-corrected chi connectivity index (χ4v) is 2.11. The van der Waals surface area contributed by atoms with Gasteiger partial charge < -0.3 is 20.3 Å². The Hall–Kier alpha value is -2.57. The Morgan fingerprint density at radius 1 is 1.09 bits per heavy atom. The molecule has 0 spiro atoms. The molecule has 1 aromatic rings. The van der Waals surface area contributed by atoms with Gasteiger partial charge in [-0.25, -0.2) is 9.59 Å². The lowest BCUT2D eigenvalue weighted by atomic mass is 9.90. The van der Waals surface area contributed by atoms with Crippen LogP contribution in [0, 0.1) is 11.8 Å². The highest BCUT2D eigenvalue weighted by Crippen LogP contribution is 2.17. The van der Waals surface area contributed by atoms with Crippen LogP contribution in [0.4, 0.5) is 4.79 Å². The largest absolute Gasteiger partial charge is 0.481 e. The number of ether oxygens (including phenoxy) is 1. The summed E-state index contributed by atoms with van der Waals surface area (Å²) < 4.78 is 4.94. The average molecular weight is 323 g/mol. The van der Waals surface area contributed by atoms with Crippen molar-refractivity contribution >= 4 is 18.0 Å². The van der Waals surface area contributed by atoms with Gasteiger partial charge in [0, 0.05) is 0 Å². The number of nitrogens with one attached hydrogen (secondary N) is 1. The van der Waals surface area contributed by atoms with Gasteiger partial charge in [-0.15, -0.1) is 0 Å². The molecule has 2 atom stereocenters. The minimum absolute atomic E-state index is 0.0269. The number of benzene rings is 1. The van der Waals surface area contributed by atoms with E-state index < -0.39 is 30.0 Å². The van der Waals surface area contributed by atoms with Crippen molar-refractivity contribution in [2.75, 3.05) is 0 Å². The predicted octanol–water partition coefficient (Wildman–Crippen LogP) is 2.11. The van der Waals surface area contributed by atoms with E-state index in [2.05, 4.69) is 5.32 Å². The van der Waals surface area contributed by atoms with E-state index in [0.29, 0.717) is 0 Å². The SMILES string of the molecule is CC(C)C[C@@H](C(=O)O)[C@@H](NC(=O)OCc1ccccc1)C(=O)O. The average Bonchev–Trinajstić information content (AvgIpc) is 2.49. The topological polar surface area (TPSA) is 113 Å². The molecule has 126 valence electrons. The van der Waals surface area contributed by atoms with Crippen molar-refractivity contribution in [1.82, 2.24) is 5.32 Å². The number of carboxylic acids is 2. The number of alkyl carbamates (subject to hydrolysis) is 1. The first-order chi connectivity index (χ1) is 10.8. The van der Waals surface area contributed by atoms with Crippen LogP contribution in [-0.2, 0) is 20.9 Å². The number of rotatable bonds is 8. The molecule has 1 amide bonds. The zero-order valence-electron chi connectivity index (χ0n) is 13.1. The molecule has 1 aromatic carbocycles.